The molecule has 1 heterocycles. The summed E-state index contributed by atoms with van der Waals surface area (Å²) in [5.41, 5.74) is 3.82. The fourth-order valence-corrected chi connectivity index (χ4v) is 2.72. The molecule has 0 aliphatic rings. The minimum atomic E-state index is -0.237. The number of halogens is 1. The number of aryl methyl sites for hydroxylation is 2. The Bertz CT molecular complexity index is 862. The van der Waals surface area contributed by atoms with Crippen molar-refractivity contribution in [1.29, 1.82) is 0 Å². The molecule has 0 unspecified atom stereocenters. The molecule has 0 saturated carbocycles. The van der Waals surface area contributed by atoms with Crippen molar-refractivity contribution >= 4 is 28.5 Å². The first kappa shape index (κ1) is 16.5. The van der Waals surface area contributed by atoms with E-state index in [4.69, 9.17) is 16.3 Å². The van der Waals surface area contributed by atoms with E-state index in [2.05, 4.69) is 4.98 Å². The van der Waals surface area contributed by atoms with Gasteiger partial charge in [-0.25, -0.2) is 4.98 Å². The molecule has 0 bridgehead atoms. The van der Waals surface area contributed by atoms with Gasteiger partial charge in [-0.2, -0.15) is 0 Å². The maximum atomic E-state index is 11.9. The summed E-state index contributed by atoms with van der Waals surface area (Å²) in [6, 6.07) is 17.8. The highest BCUT2D eigenvalue weighted by atomic mass is 35.5. The zero-order chi connectivity index (χ0) is 16.9. The largest absolute Gasteiger partial charge is 0.461 e. The second-order valence-corrected chi connectivity index (χ2v) is 6.14. The number of esters is 1. The third-order valence-corrected chi connectivity index (χ3v) is 4.18. The number of hydrogen-bond donors (Lipinski definition) is 0. The SMILES string of the molecule is Cc1ccc2cc(COC(=O)CCc3ccccc3)c(Cl)nc2c1. The maximum absolute atomic E-state index is 11.9. The van der Waals surface area contributed by atoms with Crippen molar-refractivity contribution in [2.45, 2.75) is 26.4 Å². The minimum Gasteiger partial charge on any atom is -0.461 e. The van der Waals surface area contributed by atoms with Crippen LogP contribution in [0.5, 0.6) is 0 Å². The average Bonchev–Trinajstić information content (AvgIpc) is 2.59. The Balaban J connectivity index is 1.61. The highest BCUT2D eigenvalue weighted by Gasteiger charge is 2.09. The molecule has 24 heavy (non-hydrogen) atoms. The van der Waals surface area contributed by atoms with Crippen LogP contribution in [0.4, 0.5) is 0 Å². The molecule has 2 aromatic carbocycles. The Labute approximate surface area is 146 Å². The quantitative estimate of drug-likeness (QED) is 0.491. The van der Waals surface area contributed by atoms with Crippen LogP contribution in [0.1, 0.15) is 23.1 Å². The second kappa shape index (κ2) is 7.45. The Morgan fingerprint density at radius 1 is 1.12 bits per heavy atom. The topological polar surface area (TPSA) is 39.2 Å². The first-order chi connectivity index (χ1) is 11.6. The lowest BCUT2D eigenvalue weighted by Crippen LogP contribution is -2.06. The summed E-state index contributed by atoms with van der Waals surface area (Å²) in [7, 11) is 0. The van der Waals surface area contributed by atoms with Gasteiger partial charge in [0.25, 0.3) is 0 Å². The number of benzene rings is 2. The number of hydrogen-bond acceptors (Lipinski definition) is 3. The van der Waals surface area contributed by atoms with Crippen LogP contribution in [0.15, 0.2) is 54.6 Å². The highest BCUT2D eigenvalue weighted by Crippen LogP contribution is 2.22. The van der Waals surface area contributed by atoms with Gasteiger partial charge < -0.3 is 4.74 Å². The van der Waals surface area contributed by atoms with Crippen molar-refractivity contribution < 1.29 is 9.53 Å². The second-order valence-electron chi connectivity index (χ2n) is 5.78. The van der Waals surface area contributed by atoms with Gasteiger partial charge in [-0.05, 0) is 36.6 Å². The molecule has 0 aliphatic heterocycles. The Morgan fingerprint density at radius 2 is 1.92 bits per heavy atom. The van der Waals surface area contributed by atoms with Crippen molar-refractivity contribution in [3.63, 3.8) is 0 Å². The van der Waals surface area contributed by atoms with Crippen molar-refractivity contribution in [3.8, 4) is 0 Å². The van der Waals surface area contributed by atoms with Gasteiger partial charge in [0, 0.05) is 17.4 Å². The van der Waals surface area contributed by atoms with Crippen molar-refractivity contribution in [2.75, 3.05) is 0 Å². The number of fused-ring (bicyclic) bond motifs is 1. The number of ether oxygens (including phenoxy) is 1. The Morgan fingerprint density at radius 3 is 2.71 bits per heavy atom. The Hall–Kier alpha value is -2.39. The van der Waals surface area contributed by atoms with Gasteiger partial charge in [0.05, 0.1) is 5.52 Å². The zero-order valence-electron chi connectivity index (χ0n) is 13.5. The molecule has 3 rings (SSSR count). The van der Waals surface area contributed by atoms with Crippen molar-refractivity contribution in [3.05, 3.63) is 76.4 Å². The fourth-order valence-electron chi connectivity index (χ4n) is 2.52. The lowest BCUT2D eigenvalue weighted by molar-refractivity contribution is -0.144. The van der Waals surface area contributed by atoms with Crippen LogP contribution < -0.4 is 0 Å². The zero-order valence-corrected chi connectivity index (χ0v) is 14.2. The average molecular weight is 340 g/mol. The van der Waals surface area contributed by atoms with Crippen LogP contribution in [0.3, 0.4) is 0 Å². The summed E-state index contributed by atoms with van der Waals surface area (Å²) in [5.74, 6) is -0.237. The van der Waals surface area contributed by atoms with Gasteiger partial charge in [-0.1, -0.05) is 54.1 Å². The summed E-state index contributed by atoms with van der Waals surface area (Å²) in [4.78, 5) is 16.3. The Kier molecular flexibility index (Phi) is 5.11. The number of pyridine rings is 1. The van der Waals surface area contributed by atoms with Gasteiger partial charge in [-0.3, -0.25) is 4.79 Å². The van der Waals surface area contributed by atoms with E-state index in [0.717, 1.165) is 27.6 Å². The van der Waals surface area contributed by atoms with E-state index in [9.17, 15) is 4.79 Å². The molecule has 4 heteroatoms. The third-order valence-electron chi connectivity index (χ3n) is 3.85. The van der Waals surface area contributed by atoms with E-state index in [-0.39, 0.29) is 12.6 Å². The number of aromatic nitrogens is 1. The van der Waals surface area contributed by atoms with Crippen LogP contribution >= 0.6 is 11.6 Å². The molecule has 1 aromatic heterocycles. The number of rotatable bonds is 5. The minimum absolute atomic E-state index is 0.142. The van der Waals surface area contributed by atoms with E-state index in [1.165, 1.54) is 0 Å². The lowest BCUT2D eigenvalue weighted by Gasteiger charge is -2.08. The molecule has 3 aromatic rings. The predicted octanol–water partition coefficient (Wildman–Crippen LogP) is 4.87. The van der Waals surface area contributed by atoms with Gasteiger partial charge >= 0.3 is 5.97 Å². The number of carbonyl (C=O) groups is 1. The van der Waals surface area contributed by atoms with Gasteiger partial charge in [0.2, 0.25) is 0 Å². The first-order valence-electron chi connectivity index (χ1n) is 7.87. The van der Waals surface area contributed by atoms with Gasteiger partial charge in [0.1, 0.15) is 11.8 Å². The molecule has 0 fully saturated rings. The molecule has 0 radical (unpaired) electrons. The third kappa shape index (κ3) is 4.12. The number of nitrogens with zero attached hydrogens (tertiary/aromatic N) is 1. The maximum Gasteiger partial charge on any atom is 0.306 e. The summed E-state index contributed by atoms with van der Waals surface area (Å²) in [6.45, 7) is 2.15. The monoisotopic (exact) mass is 339 g/mol. The molecule has 0 N–H and O–H groups in total. The first-order valence-corrected chi connectivity index (χ1v) is 8.25. The summed E-state index contributed by atoms with van der Waals surface area (Å²) in [6.07, 6.45) is 1.02. The molecule has 3 nitrogen and oxygen atoms in total. The molecule has 0 aliphatic carbocycles. The van der Waals surface area contributed by atoms with Crippen LogP contribution in [0.25, 0.3) is 10.9 Å². The molecular weight excluding hydrogens is 322 g/mol. The smallest absolute Gasteiger partial charge is 0.306 e. The van der Waals surface area contributed by atoms with Crippen molar-refractivity contribution in [2.24, 2.45) is 0 Å². The lowest BCUT2D eigenvalue weighted by atomic mass is 10.1. The number of carbonyl (C=O) groups excluding carboxylic acids is 1. The molecule has 0 saturated heterocycles. The molecule has 122 valence electrons. The highest BCUT2D eigenvalue weighted by molar-refractivity contribution is 6.30. The van der Waals surface area contributed by atoms with Crippen LogP contribution in [-0.2, 0) is 22.6 Å². The predicted molar refractivity (Wildman–Crippen MR) is 96.0 cm³/mol. The van der Waals surface area contributed by atoms with E-state index >= 15 is 0 Å². The standard InChI is InChI=1S/C20H18ClNO2/c1-14-7-9-16-12-17(20(21)22-18(16)11-14)13-24-19(23)10-8-15-5-3-2-4-6-15/h2-7,9,11-12H,8,10,13H2,1H3. The van der Waals surface area contributed by atoms with E-state index in [1.807, 2.05) is 61.5 Å². The van der Waals surface area contributed by atoms with E-state index in [0.29, 0.717) is 18.0 Å². The fraction of sp³-hybridized carbons (Fsp3) is 0.200. The van der Waals surface area contributed by atoms with Gasteiger partial charge in [0.15, 0.2) is 0 Å². The summed E-state index contributed by atoms with van der Waals surface area (Å²) >= 11 is 6.21. The van der Waals surface area contributed by atoms with Gasteiger partial charge in [-0.15, -0.1) is 0 Å². The summed E-state index contributed by atoms with van der Waals surface area (Å²) in [5, 5.41) is 1.37. The van der Waals surface area contributed by atoms with E-state index < -0.39 is 0 Å². The van der Waals surface area contributed by atoms with Crippen LogP contribution in [0, 0.1) is 6.92 Å². The van der Waals surface area contributed by atoms with Crippen LogP contribution in [-0.4, -0.2) is 11.0 Å². The normalized spacial score (nSPS) is 10.8. The molecule has 0 atom stereocenters. The summed E-state index contributed by atoms with van der Waals surface area (Å²) < 4.78 is 5.34. The van der Waals surface area contributed by atoms with Crippen LogP contribution in [0.2, 0.25) is 5.15 Å². The molecule has 0 spiro atoms. The molecular formula is C20H18ClNO2. The molecule has 0 amide bonds. The van der Waals surface area contributed by atoms with Crippen molar-refractivity contribution in [1.82, 2.24) is 4.98 Å². The van der Waals surface area contributed by atoms with E-state index in [1.54, 1.807) is 0 Å².